The van der Waals surface area contributed by atoms with Gasteiger partial charge in [-0.05, 0) is 12.0 Å². The van der Waals surface area contributed by atoms with Crippen LogP contribution in [0.1, 0.15) is 12.5 Å². The standard InChI is InChI=1S/C7H9N.BrH/c1-2-7-3-5-8-6-4-7;/h3-6H,2H2,1H3;1H. The Labute approximate surface area is 65.9 Å². The van der Waals surface area contributed by atoms with E-state index in [4.69, 9.17) is 0 Å². The number of nitrogens with one attached hydrogen (secondary N) is 1. The van der Waals surface area contributed by atoms with Gasteiger partial charge in [-0.15, -0.1) is 0 Å². The molecular weight excluding hydrogens is 178 g/mol. The van der Waals surface area contributed by atoms with Crippen molar-refractivity contribution in [1.29, 1.82) is 0 Å². The Kier molecular flexibility index (Phi) is 4.32. The average molecular weight is 188 g/mol. The molecular formula is C7H10BrN. The Hall–Kier alpha value is -0.370. The highest BCUT2D eigenvalue weighted by Crippen LogP contribution is 1.92. The molecule has 1 aromatic heterocycles. The molecule has 0 spiro atoms. The normalized spacial score (nSPS) is 8.11. The summed E-state index contributed by atoms with van der Waals surface area (Å²) in [5, 5.41) is 0. The first kappa shape index (κ1) is 8.63. The lowest BCUT2D eigenvalue weighted by atomic mass is 10.2. The van der Waals surface area contributed by atoms with Crippen molar-refractivity contribution in [3.05, 3.63) is 30.1 Å². The number of aryl methyl sites for hydroxylation is 1. The van der Waals surface area contributed by atoms with Crippen LogP contribution in [0, 0.1) is 0 Å². The quantitative estimate of drug-likeness (QED) is 0.487. The molecule has 0 radical (unpaired) electrons. The second-order valence-electron chi connectivity index (χ2n) is 1.76. The van der Waals surface area contributed by atoms with E-state index >= 15 is 0 Å². The zero-order chi connectivity index (χ0) is 5.82. The molecule has 1 rings (SSSR count). The van der Waals surface area contributed by atoms with Crippen molar-refractivity contribution in [2.75, 3.05) is 0 Å². The second kappa shape index (κ2) is 4.50. The molecule has 2 heteroatoms. The second-order valence-corrected chi connectivity index (χ2v) is 1.76. The van der Waals surface area contributed by atoms with Crippen LogP contribution in [0.2, 0.25) is 0 Å². The summed E-state index contributed by atoms with van der Waals surface area (Å²) in [7, 11) is 0. The highest BCUT2D eigenvalue weighted by atomic mass is 79.9. The molecule has 0 aliphatic heterocycles. The third kappa shape index (κ3) is 2.61. The Bertz CT molecular complexity index is 150. The molecule has 0 amide bonds. The summed E-state index contributed by atoms with van der Waals surface area (Å²) in [6, 6.07) is 4.17. The minimum Gasteiger partial charge on any atom is -1.00 e. The summed E-state index contributed by atoms with van der Waals surface area (Å²) in [6.07, 6.45) is 5.01. The maximum atomic E-state index is 2.97. The highest BCUT2D eigenvalue weighted by molar-refractivity contribution is 5.05. The lowest BCUT2D eigenvalue weighted by Crippen LogP contribution is -3.00. The predicted octanol–water partition coefficient (Wildman–Crippen LogP) is -1.93. The van der Waals surface area contributed by atoms with Crippen LogP contribution in [0.15, 0.2) is 24.5 Å². The van der Waals surface area contributed by atoms with Gasteiger partial charge in [0.2, 0.25) is 0 Å². The molecule has 0 fully saturated rings. The summed E-state index contributed by atoms with van der Waals surface area (Å²) in [4.78, 5) is 2.97. The topological polar surface area (TPSA) is 14.1 Å². The van der Waals surface area contributed by atoms with E-state index in [1.807, 2.05) is 12.4 Å². The summed E-state index contributed by atoms with van der Waals surface area (Å²) >= 11 is 0. The number of H-pyrrole nitrogens is 1. The maximum absolute atomic E-state index is 2.97. The molecule has 0 atom stereocenters. The number of aromatic nitrogens is 1. The van der Waals surface area contributed by atoms with Crippen LogP contribution >= 0.6 is 0 Å². The highest BCUT2D eigenvalue weighted by Gasteiger charge is 1.84. The van der Waals surface area contributed by atoms with E-state index in [9.17, 15) is 0 Å². The van der Waals surface area contributed by atoms with Crippen molar-refractivity contribution in [3.63, 3.8) is 0 Å². The van der Waals surface area contributed by atoms with Crippen molar-refractivity contribution < 1.29 is 22.0 Å². The van der Waals surface area contributed by atoms with Crippen molar-refractivity contribution in [2.24, 2.45) is 0 Å². The molecule has 0 bridgehead atoms. The molecule has 0 saturated carbocycles. The molecule has 0 saturated heterocycles. The van der Waals surface area contributed by atoms with Gasteiger partial charge in [0, 0.05) is 12.1 Å². The van der Waals surface area contributed by atoms with E-state index in [2.05, 4.69) is 24.0 Å². The molecule has 0 aliphatic carbocycles. The zero-order valence-corrected chi connectivity index (χ0v) is 6.98. The molecule has 50 valence electrons. The summed E-state index contributed by atoms with van der Waals surface area (Å²) in [5.41, 5.74) is 1.38. The summed E-state index contributed by atoms with van der Waals surface area (Å²) < 4.78 is 0. The Morgan fingerprint density at radius 1 is 1.33 bits per heavy atom. The van der Waals surface area contributed by atoms with Gasteiger partial charge in [-0.25, -0.2) is 4.98 Å². The van der Waals surface area contributed by atoms with Gasteiger partial charge in [0.25, 0.3) is 0 Å². The molecule has 1 heterocycles. The van der Waals surface area contributed by atoms with Crippen molar-refractivity contribution in [2.45, 2.75) is 13.3 Å². The molecule has 0 aromatic carbocycles. The van der Waals surface area contributed by atoms with E-state index < -0.39 is 0 Å². The van der Waals surface area contributed by atoms with Crippen LogP contribution in [-0.2, 0) is 6.42 Å². The Morgan fingerprint density at radius 3 is 2.22 bits per heavy atom. The summed E-state index contributed by atoms with van der Waals surface area (Å²) in [6.45, 7) is 2.15. The van der Waals surface area contributed by atoms with Crippen LogP contribution in [0.4, 0.5) is 0 Å². The third-order valence-corrected chi connectivity index (χ3v) is 1.20. The van der Waals surface area contributed by atoms with Crippen molar-refractivity contribution in [3.8, 4) is 0 Å². The SMILES string of the molecule is CCc1cc[nH+]cc1.[Br-]. The Morgan fingerprint density at radius 2 is 1.89 bits per heavy atom. The van der Waals surface area contributed by atoms with Gasteiger partial charge < -0.3 is 17.0 Å². The Balaban J connectivity index is 0.000000640. The van der Waals surface area contributed by atoms with Gasteiger partial charge in [-0.1, -0.05) is 6.92 Å². The smallest absolute Gasteiger partial charge is 0.167 e. The maximum Gasteiger partial charge on any atom is 0.167 e. The molecule has 1 aromatic rings. The van der Waals surface area contributed by atoms with Gasteiger partial charge in [-0.2, -0.15) is 0 Å². The number of rotatable bonds is 1. The first-order valence-electron chi connectivity index (χ1n) is 2.88. The minimum absolute atomic E-state index is 0. The number of hydrogen-bond donors (Lipinski definition) is 0. The minimum atomic E-state index is 0. The van der Waals surface area contributed by atoms with Crippen LogP contribution in [0.25, 0.3) is 0 Å². The predicted molar refractivity (Wildman–Crippen MR) is 32.4 cm³/mol. The molecule has 0 unspecified atom stereocenters. The molecule has 1 N–H and O–H groups in total. The summed E-state index contributed by atoms with van der Waals surface area (Å²) in [5.74, 6) is 0. The van der Waals surface area contributed by atoms with E-state index in [0.717, 1.165) is 6.42 Å². The van der Waals surface area contributed by atoms with E-state index in [1.165, 1.54) is 5.56 Å². The molecule has 9 heavy (non-hydrogen) atoms. The van der Waals surface area contributed by atoms with E-state index in [0.29, 0.717) is 0 Å². The number of pyridine rings is 1. The number of aromatic amines is 1. The number of halogens is 1. The molecule has 1 nitrogen and oxygen atoms in total. The van der Waals surface area contributed by atoms with Gasteiger partial charge in [0.15, 0.2) is 12.4 Å². The van der Waals surface area contributed by atoms with Gasteiger partial charge in [-0.3, -0.25) is 0 Å². The van der Waals surface area contributed by atoms with Crippen molar-refractivity contribution >= 4 is 0 Å². The molecule has 0 aliphatic rings. The van der Waals surface area contributed by atoms with Crippen LogP contribution in [0.5, 0.6) is 0 Å². The lowest BCUT2D eigenvalue weighted by Gasteiger charge is -1.85. The average Bonchev–Trinajstić information content (AvgIpc) is 1.90. The zero-order valence-electron chi connectivity index (χ0n) is 5.39. The van der Waals surface area contributed by atoms with Crippen LogP contribution in [-0.4, -0.2) is 0 Å². The first-order chi connectivity index (χ1) is 3.93. The lowest BCUT2D eigenvalue weighted by molar-refractivity contribution is -0.378. The van der Waals surface area contributed by atoms with Crippen LogP contribution in [0.3, 0.4) is 0 Å². The number of hydrogen-bond acceptors (Lipinski definition) is 0. The first-order valence-corrected chi connectivity index (χ1v) is 2.88. The van der Waals surface area contributed by atoms with Gasteiger partial charge in [0.05, 0.1) is 0 Å². The van der Waals surface area contributed by atoms with Crippen molar-refractivity contribution in [1.82, 2.24) is 0 Å². The fourth-order valence-electron chi connectivity index (χ4n) is 0.657. The fourth-order valence-corrected chi connectivity index (χ4v) is 0.657. The monoisotopic (exact) mass is 187 g/mol. The fraction of sp³-hybridized carbons (Fsp3) is 0.286. The van der Waals surface area contributed by atoms with Gasteiger partial charge >= 0.3 is 0 Å². The van der Waals surface area contributed by atoms with E-state index in [-0.39, 0.29) is 17.0 Å². The largest absolute Gasteiger partial charge is 1.00 e. The van der Waals surface area contributed by atoms with Crippen LogP contribution < -0.4 is 22.0 Å². The third-order valence-electron chi connectivity index (χ3n) is 1.20. The van der Waals surface area contributed by atoms with Gasteiger partial charge in [0.1, 0.15) is 0 Å². The van der Waals surface area contributed by atoms with E-state index in [1.54, 1.807) is 0 Å².